The first-order chi connectivity index (χ1) is 13.9. The molecule has 3 rings (SSSR count). The summed E-state index contributed by atoms with van der Waals surface area (Å²) in [6.45, 7) is 0. The molecule has 1 aromatic carbocycles. The number of hydrogen-bond acceptors (Lipinski definition) is 6. The molecule has 2 aromatic heterocycles. The lowest BCUT2D eigenvalue weighted by atomic mass is 10.0. The lowest BCUT2D eigenvalue weighted by molar-refractivity contribution is -0.201. The van der Waals surface area contributed by atoms with Crippen molar-refractivity contribution >= 4 is 38.7 Å². The van der Waals surface area contributed by atoms with E-state index in [1.54, 1.807) is 30.3 Å². The Morgan fingerprint density at radius 2 is 1.83 bits per heavy atom. The molecule has 0 atom stereocenters. The number of fused-ring (bicyclic) bond motifs is 1. The third-order valence-corrected chi connectivity index (χ3v) is 4.47. The molecule has 30 heavy (non-hydrogen) atoms. The Kier molecular flexibility index (Phi) is 5.53. The normalized spacial score (nSPS) is 12.0. The highest BCUT2D eigenvalue weighted by Gasteiger charge is 2.42. The first kappa shape index (κ1) is 21.3. The van der Waals surface area contributed by atoms with Crippen LogP contribution in [0.1, 0.15) is 5.69 Å². The molecule has 2 N–H and O–H groups in total. The van der Waals surface area contributed by atoms with E-state index in [2.05, 4.69) is 19.4 Å². The summed E-state index contributed by atoms with van der Waals surface area (Å²) < 4.78 is 65.3. The van der Waals surface area contributed by atoms with E-state index in [4.69, 9.17) is 0 Å². The van der Waals surface area contributed by atoms with Gasteiger partial charge < -0.3 is 9.72 Å². The van der Waals surface area contributed by atoms with Crippen LogP contribution >= 0.6 is 0 Å². The Morgan fingerprint density at radius 1 is 1.17 bits per heavy atom. The summed E-state index contributed by atoms with van der Waals surface area (Å²) in [5.74, 6) is -3.94. The first-order valence-electron chi connectivity index (χ1n) is 8.29. The van der Waals surface area contributed by atoms with Gasteiger partial charge in [-0.1, -0.05) is 12.1 Å². The van der Waals surface area contributed by atoms with Gasteiger partial charge in [0.25, 0.3) is 0 Å². The minimum atomic E-state index is -5.26. The minimum absolute atomic E-state index is 0.209. The number of aromatic amines is 1. The molecule has 0 saturated heterocycles. The maximum atomic E-state index is 12.2. The standard InChI is InChI=1S/C18H14F3N3O5S/c1-30(27,28)24-11-4-2-10(3-5-11)13-6-7-22-16-14(13)8-12(23-16)9-15(25)29-17(26)18(19,20)21/h2-8,24H,9H2,1H3,(H,22,23). The van der Waals surface area contributed by atoms with Crippen molar-refractivity contribution in [2.45, 2.75) is 12.6 Å². The average molecular weight is 441 g/mol. The highest BCUT2D eigenvalue weighted by Crippen LogP contribution is 2.29. The van der Waals surface area contributed by atoms with Gasteiger partial charge in [0, 0.05) is 23.0 Å². The Hall–Kier alpha value is -3.41. The number of nitrogens with zero attached hydrogens (tertiary/aromatic N) is 1. The second kappa shape index (κ2) is 7.78. The average Bonchev–Trinajstić information content (AvgIpc) is 3.02. The van der Waals surface area contributed by atoms with E-state index in [-0.39, 0.29) is 5.69 Å². The highest BCUT2D eigenvalue weighted by atomic mass is 32.2. The molecule has 3 aromatic rings. The van der Waals surface area contributed by atoms with Gasteiger partial charge in [-0.15, -0.1) is 0 Å². The number of alkyl halides is 3. The van der Waals surface area contributed by atoms with Gasteiger partial charge in [0.1, 0.15) is 5.65 Å². The molecule has 158 valence electrons. The molecule has 12 heteroatoms. The van der Waals surface area contributed by atoms with Gasteiger partial charge in [0.2, 0.25) is 10.0 Å². The minimum Gasteiger partial charge on any atom is -0.386 e. The molecule has 8 nitrogen and oxygen atoms in total. The number of benzene rings is 1. The van der Waals surface area contributed by atoms with Gasteiger partial charge in [-0.05, 0) is 35.4 Å². The number of halogens is 3. The quantitative estimate of drug-likeness (QED) is 0.464. The molecular weight excluding hydrogens is 427 g/mol. The van der Waals surface area contributed by atoms with Crippen molar-refractivity contribution in [1.29, 1.82) is 0 Å². The van der Waals surface area contributed by atoms with Crippen LogP contribution in [0.5, 0.6) is 0 Å². The van der Waals surface area contributed by atoms with Gasteiger partial charge in [-0.25, -0.2) is 18.2 Å². The van der Waals surface area contributed by atoms with Gasteiger partial charge >= 0.3 is 18.1 Å². The van der Waals surface area contributed by atoms with Crippen LogP contribution in [0.15, 0.2) is 42.6 Å². The Labute approximate surface area is 168 Å². The van der Waals surface area contributed by atoms with Crippen LogP contribution in [-0.4, -0.2) is 42.8 Å². The summed E-state index contributed by atoms with van der Waals surface area (Å²) in [4.78, 5) is 29.3. The number of carbonyl (C=O) groups excluding carboxylic acids is 2. The summed E-state index contributed by atoms with van der Waals surface area (Å²) in [6, 6.07) is 9.67. The zero-order chi connectivity index (χ0) is 22.1. The summed E-state index contributed by atoms with van der Waals surface area (Å²) >= 11 is 0. The number of rotatable bonds is 5. The van der Waals surface area contributed by atoms with Crippen LogP contribution < -0.4 is 4.72 Å². The van der Waals surface area contributed by atoms with Crippen LogP contribution in [0.2, 0.25) is 0 Å². The number of pyridine rings is 1. The number of carbonyl (C=O) groups is 2. The van der Waals surface area contributed by atoms with Crippen LogP contribution in [0.4, 0.5) is 18.9 Å². The first-order valence-corrected chi connectivity index (χ1v) is 10.2. The summed E-state index contributed by atoms with van der Waals surface area (Å²) in [7, 11) is -3.42. The molecule has 0 aliphatic rings. The van der Waals surface area contributed by atoms with Crippen molar-refractivity contribution in [2.24, 2.45) is 0 Å². The van der Waals surface area contributed by atoms with Gasteiger partial charge in [0.15, 0.2) is 0 Å². The molecule has 0 amide bonds. The Morgan fingerprint density at radius 3 is 2.43 bits per heavy atom. The monoisotopic (exact) mass is 441 g/mol. The smallest absolute Gasteiger partial charge is 0.386 e. The highest BCUT2D eigenvalue weighted by molar-refractivity contribution is 7.92. The summed E-state index contributed by atoms with van der Waals surface area (Å²) in [5, 5.41) is 0.575. The summed E-state index contributed by atoms with van der Waals surface area (Å²) in [5.41, 5.74) is 2.35. The number of sulfonamides is 1. The number of ether oxygens (including phenoxy) is 1. The zero-order valence-corrected chi connectivity index (χ0v) is 16.1. The second-order valence-corrected chi connectivity index (χ2v) is 8.05. The van der Waals surface area contributed by atoms with Crippen LogP contribution in [0.3, 0.4) is 0 Å². The van der Waals surface area contributed by atoms with E-state index < -0.39 is 34.6 Å². The molecule has 0 fully saturated rings. The van der Waals surface area contributed by atoms with E-state index in [0.29, 0.717) is 27.8 Å². The molecule has 0 bridgehead atoms. The van der Waals surface area contributed by atoms with E-state index in [9.17, 15) is 31.2 Å². The van der Waals surface area contributed by atoms with Crippen LogP contribution in [0.25, 0.3) is 22.2 Å². The topological polar surface area (TPSA) is 118 Å². The van der Waals surface area contributed by atoms with E-state index in [0.717, 1.165) is 6.26 Å². The third kappa shape index (κ3) is 5.14. The molecule has 2 heterocycles. The SMILES string of the molecule is CS(=O)(=O)Nc1ccc(-c2ccnc3[nH]c(CC(=O)OC(=O)C(F)(F)F)cc23)cc1. The fraction of sp³-hybridized carbons (Fsp3) is 0.167. The molecule has 0 unspecified atom stereocenters. The lowest BCUT2D eigenvalue weighted by Crippen LogP contribution is -2.28. The molecule has 0 radical (unpaired) electrons. The predicted octanol–water partition coefficient (Wildman–Crippen LogP) is 2.78. The number of esters is 2. The van der Waals surface area contributed by atoms with E-state index >= 15 is 0 Å². The van der Waals surface area contributed by atoms with Crippen molar-refractivity contribution in [3.05, 3.63) is 48.3 Å². The largest absolute Gasteiger partial charge is 0.491 e. The van der Waals surface area contributed by atoms with Crippen LogP contribution in [-0.2, 0) is 30.8 Å². The van der Waals surface area contributed by atoms with Crippen molar-refractivity contribution in [1.82, 2.24) is 9.97 Å². The van der Waals surface area contributed by atoms with Gasteiger partial charge in [-0.2, -0.15) is 13.2 Å². The molecular formula is C18H14F3N3O5S. The number of hydrogen-bond donors (Lipinski definition) is 2. The van der Waals surface area contributed by atoms with Crippen LogP contribution in [0, 0.1) is 0 Å². The Bertz CT molecular complexity index is 1220. The molecule has 0 aliphatic heterocycles. The molecule has 0 aliphatic carbocycles. The van der Waals surface area contributed by atoms with E-state index in [1.165, 1.54) is 12.3 Å². The zero-order valence-electron chi connectivity index (χ0n) is 15.3. The van der Waals surface area contributed by atoms with Crippen molar-refractivity contribution in [3.8, 4) is 11.1 Å². The Balaban J connectivity index is 1.84. The third-order valence-electron chi connectivity index (χ3n) is 3.86. The maximum absolute atomic E-state index is 12.2. The lowest BCUT2D eigenvalue weighted by Gasteiger charge is -2.06. The van der Waals surface area contributed by atoms with Crippen molar-refractivity contribution in [2.75, 3.05) is 11.0 Å². The second-order valence-electron chi connectivity index (χ2n) is 6.30. The maximum Gasteiger partial charge on any atom is 0.491 e. The fourth-order valence-electron chi connectivity index (χ4n) is 2.71. The molecule has 0 saturated carbocycles. The number of anilines is 1. The number of H-pyrrole nitrogens is 1. The van der Waals surface area contributed by atoms with Crippen molar-refractivity contribution in [3.63, 3.8) is 0 Å². The number of nitrogens with one attached hydrogen (secondary N) is 2. The number of aromatic nitrogens is 2. The summed E-state index contributed by atoms with van der Waals surface area (Å²) in [6.07, 6.45) is -3.33. The van der Waals surface area contributed by atoms with Gasteiger partial charge in [0.05, 0.1) is 12.7 Å². The van der Waals surface area contributed by atoms with Crippen molar-refractivity contribution < 1.29 is 35.9 Å². The molecule has 0 spiro atoms. The fourth-order valence-corrected chi connectivity index (χ4v) is 3.28. The predicted molar refractivity (Wildman–Crippen MR) is 101 cm³/mol. The van der Waals surface area contributed by atoms with Gasteiger partial charge in [-0.3, -0.25) is 9.52 Å². The van der Waals surface area contributed by atoms with E-state index in [1.807, 2.05) is 0 Å².